The van der Waals surface area contributed by atoms with Gasteiger partial charge in [0.2, 0.25) is 0 Å². The number of alkyl halides is 6. The number of piperazine rings is 1. The minimum Gasteiger partial charge on any atom is -0.353 e. The predicted octanol–water partition coefficient (Wildman–Crippen LogP) is 5.44. The Bertz CT molecular complexity index is 1210. The van der Waals surface area contributed by atoms with Gasteiger partial charge in [-0.15, -0.1) is 0 Å². The second kappa shape index (κ2) is 8.17. The molecule has 0 amide bonds. The van der Waals surface area contributed by atoms with Crippen LogP contribution in [0.1, 0.15) is 37.7 Å². The van der Waals surface area contributed by atoms with E-state index in [2.05, 4.69) is 15.1 Å². The summed E-state index contributed by atoms with van der Waals surface area (Å²) >= 11 is 6.05. The maximum atomic E-state index is 13.5. The maximum absolute atomic E-state index is 13.5. The van der Waals surface area contributed by atoms with Gasteiger partial charge in [-0.05, 0) is 6.07 Å². The summed E-state index contributed by atoms with van der Waals surface area (Å²) in [5, 5.41) is 4.36. The van der Waals surface area contributed by atoms with Crippen LogP contribution in [-0.2, 0) is 17.8 Å². The summed E-state index contributed by atoms with van der Waals surface area (Å²) in [5.41, 5.74) is -1.69. The number of hydrogen-bond donors (Lipinski definition) is 0. The van der Waals surface area contributed by atoms with Gasteiger partial charge in [0.15, 0.2) is 11.3 Å². The lowest BCUT2D eigenvalue weighted by Crippen LogP contribution is -2.47. The van der Waals surface area contributed by atoms with Crippen LogP contribution in [0.4, 0.5) is 38.0 Å². The SMILES string of the molecule is CC(C)(C)c1cc2nc(C(F)(F)F)cc(N3CCN(c4ncc(C(F)(F)F)cc4Cl)CC3)n2n1. The average molecular weight is 507 g/mol. The smallest absolute Gasteiger partial charge is 0.353 e. The zero-order chi connectivity index (χ0) is 25.1. The van der Waals surface area contributed by atoms with E-state index in [1.165, 1.54) is 4.52 Å². The van der Waals surface area contributed by atoms with Gasteiger partial charge in [-0.2, -0.15) is 36.0 Å². The van der Waals surface area contributed by atoms with Crippen LogP contribution in [0.3, 0.4) is 0 Å². The highest BCUT2D eigenvalue weighted by Gasteiger charge is 2.36. The van der Waals surface area contributed by atoms with Crippen LogP contribution in [0.15, 0.2) is 24.4 Å². The molecule has 0 spiro atoms. The molecule has 3 aromatic rings. The largest absolute Gasteiger partial charge is 0.433 e. The van der Waals surface area contributed by atoms with E-state index in [9.17, 15) is 26.3 Å². The fraction of sp³-hybridized carbons (Fsp3) is 0.476. The number of pyridine rings is 1. The molecule has 184 valence electrons. The molecular formula is C21H21ClF6N6. The molecular weight excluding hydrogens is 486 g/mol. The van der Waals surface area contributed by atoms with Gasteiger partial charge in [0.1, 0.15) is 11.6 Å². The summed E-state index contributed by atoms with van der Waals surface area (Å²) in [4.78, 5) is 11.1. The first kappa shape index (κ1) is 24.4. The number of aromatic nitrogens is 4. The van der Waals surface area contributed by atoms with Gasteiger partial charge in [-0.3, -0.25) is 0 Å². The minimum absolute atomic E-state index is 0.0876. The number of nitrogens with zero attached hydrogens (tertiary/aromatic N) is 6. The van der Waals surface area contributed by atoms with Crippen LogP contribution >= 0.6 is 11.6 Å². The summed E-state index contributed by atoms with van der Waals surface area (Å²) in [5.74, 6) is 0.429. The molecule has 0 radical (unpaired) electrons. The van der Waals surface area contributed by atoms with Crippen molar-refractivity contribution in [3.8, 4) is 0 Å². The normalized spacial score (nSPS) is 15.9. The van der Waals surface area contributed by atoms with Crippen molar-refractivity contribution in [1.82, 2.24) is 19.6 Å². The Morgan fingerprint density at radius 3 is 1.97 bits per heavy atom. The predicted molar refractivity (Wildman–Crippen MR) is 115 cm³/mol. The van der Waals surface area contributed by atoms with Crippen molar-refractivity contribution >= 4 is 28.9 Å². The van der Waals surface area contributed by atoms with E-state index >= 15 is 0 Å². The van der Waals surface area contributed by atoms with Gasteiger partial charge in [0.25, 0.3) is 0 Å². The molecule has 0 aromatic carbocycles. The first-order valence-electron chi connectivity index (χ1n) is 10.4. The van der Waals surface area contributed by atoms with E-state index in [0.717, 1.165) is 12.1 Å². The van der Waals surface area contributed by atoms with Gasteiger partial charge in [-0.1, -0.05) is 32.4 Å². The van der Waals surface area contributed by atoms with Crippen LogP contribution < -0.4 is 9.80 Å². The van der Waals surface area contributed by atoms with Crippen LogP contribution in [0.2, 0.25) is 5.02 Å². The highest BCUT2D eigenvalue weighted by Crippen LogP contribution is 2.35. The third-order valence-electron chi connectivity index (χ3n) is 5.52. The lowest BCUT2D eigenvalue weighted by Gasteiger charge is -2.37. The molecule has 0 N–H and O–H groups in total. The Labute approximate surface area is 196 Å². The second-order valence-corrected chi connectivity index (χ2v) is 9.46. The van der Waals surface area contributed by atoms with Gasteiger partial charge in [-0.25, -0.2) is 9.97 Å². The van der Waals surface area contributed by atoms with Crippen LogP contribution in [0.5, 0.6) is 0 Å². The summed E-state index contributed by atoms with van der Waals surface area (Å²) in [6.45, 7) is 6.84. The third kappa shape index (κ3) is 4.73. The molecule has 0 unspecified atom stereocenters. The summed E-state index contributed by atoms with van der Waals surface area (Å²) in [6.07, 6.45) is -8.48. The lowest BCUT2D eigenvalue weighted by molar-refractivity contribution is -0.141. The topological polar surface area (TPSA) is 49.6 Å². The Balaban J connectivity index is 1.63. The summed E-state index contributed by atoms with van der Waals surface area (Å²) in [7, 11) is 0. The molecule has 0 aliphatic carbocycles. The third-order valence-corrected chi connectivity index (χ3v) is 5.80. The quantitative estimate of drug-likeness (QED) is 0.433. The van der Waals surface area contributed by atoms with Gasteiger partial charge >= 0.3 is 12.4 Å². The Kier molecular flexibility index (Phi) is 5.86. The molecule has 6 nitrogen and oxygen atoms in total. The fourth-order valence-electron chi connectivity index (χ4n) is 3.66. The second-order valence-electron chi connectivity index (χ2n) is 9.05. The van der Waals surface area contributed by atoms with Gasteiger partial charge < -0.3 is 9.80 Å². The van der Waals surface area contributed by atoms with Crippen LogP contribution in [-0.4, -0.2) is 45.8 Å². The monoisotopic (exact) mass is 506 g/mol. The molecule has 1 fully saturated rings. The zero-order valence-electron chi connectivity index (χ0n) is 18.5. The zero-order valence-corrected chi connectivity index (χ0v) is 19.2. The van der Waals surface area contributed by atoms with Crippen molar-refractivity contribution in [3.05, 3.63) is 46.4 Å². The van der Waals surface area contributed by atoms with Gasteiger partial charge in [0.05, 0.1) is 16.3 Å². The molecule has 34 heavy (non-hydrogen) atoms. The lowest BCUT2D eigenvalue weighted by atomic mass is 9.93. The van der Waals surface area contributed by atoms with Crippen LogP contribution in [0.25, 0.3) is 5.65 Å². The highest BCUT2D eigenvalue weighted by molar-refractivity contribution is 6.33. The first-order valence-corrected chi connectivity index (χ1v) is 10.7. The molecule has 0 bridgehead atoms. The number of fused-ring (bicyclic) bond motifs is 1. The highest BCUT2D eigenvalue weighted by atomic mass is 35.5. The molecule has 13 heteroatoms. The molecule has 4 rings (SSSR count). The maximum Gasteiger partial charge on any atom is 0.433 e. The average Bonchev–Trinajstić information content (AvgIpc) is 3.17. The van der Waals surface area contributed by atoms with Crippen molar-refractivity contribution < 1.29 is 26.3 Å². The van der Waals surface area contributed by atoms with E-state index in [0.29, 0.717) is 11.9 Å². The van der Waals surface area contributed by atoms with Crippen molar-refractivity contribution in [2.75, 3.05) is 36.0 Å². The molecule has 4 heterocycles. The van der Waals surface area contributed by atoms with Crippen LogP contribution in [0, 0.1) is 0 Å². The summed E-state index contributed by atoms with van der Waals surface area (Å²) in [6, 6.07) is 3.32. The number of hydrogen-bond acceptors (Lipinski definition) is 5. The summed E-state index contributed by atoms with van der Waals surface area (Å²) < 4.78 is 80.6. The molecule has 1 aliphatic heterocycles. The number of anilines is 2. The Morgan fingerprint density at radius 1 is 0.824 bits per heavy atom. The molecule has 1 saturated heterocycles. The molecule has 3 aromatic heterocycles. The van der Waals surface area contributed by atoms with E-state index in [-0.39, 0.29) is 48.5 Å². The standard InChI is InChI=1S/C21H21ClF6N6/c1-19(2,3)14-9-16-30-15(21(26,27)28)10-17(34(16)31-14)32-4-6-33(7-5-32)18-13(22)8-12(11-29-18)20(23,24)25/h8-11H,4-7H2,1-3H3. The number of halogens is 7. The number of rotatable bonds is 2. The Hall–Kier alpha value is -2.76. The minimum atomic E-state index is -4.64. The van der Waals surface area contributed by atoms with E-state index in [4.69, 9.17) is 11.6 Å². The van der Waals surface area contributed by atoms with Crippen molar-refractivity contribution in [2.24, 2.45) is 0 Å². The molecule has 0 atom stereocenters. The first-order chi connectivity index (χ1) is 15.6. The van der Waals surface area contributed by atoms with E-state index in [1.54, 1.807) is 15.9 Å². The Morgan fingerprint density at radius 2 is 1.44 bits per heavy atom. The van der Waals surface area contributed by atoms with Crippen molar-refractivity contribution in [1.29, 1.82) is 0 Å². The van der Waals surface area contributed by atoms with Crippen molar-refractivity contribution in [2.45, 2.75) is 38.5 Å². The van der Waals surface area contributed by atoms with E-state index in [1.807, 2.05) is 20.8 Å². The molecule has 0 saturated carbocycles. The molecule has 1 aliphatic rings. The fourth-order valence-corrected chi connectivity index (χ4v) is 3.95. The van der Waals surface area contributed by atoms with Crippen molar-refractivity contribution in [3.63, 3.8) is 0 Å². The van der Waals surface area contributed by atoms with E-state index < -0.39 is 29.0 Å². The van der Waals surface area contributed by atoms with Gasteiger partial charge in [0, 0.05) is 49.9 Å².